The molecule has 0 radical (unpaired) electrons. The van der Waals surface area contributed by atoms with Crippen LogP contribution in [0.1, 0.15) is 28.5 Å². The predicted octanol–water partition coefficient (Wildman–Crippen LogP) is 4.96. The minimum absolute atomic E-state index is 0.0343. The van der Waals surface area contributed by atoms with E-state index in [2.05, 4.69) is 15.3 Å². The number of benzene rings is 2. The Hall–Kier alpha value is -2.73. The molecule has 2 aromatic carbocycles. The van der Waals surface area contributed by atoms with E-state index in [1.165, 1.54) is 18.2 Å². The van der Waals surface area contributed by atoms with Crippen LogP contribution in [0.25, 0.3) is 11.0 Å². The molecule has 134 valence electrons. The summed E-state index contributed by atoms with van der Waals surface area (Å²) in [5, 5.41) is 2.95. The van der Waals surface area contributed by atoms with Crippen molar-refractivity contribution in [3.8, 4) is 0 Å². The zero-order chi connectivity index (χ0) is 18.8. The van der Waals surface area contributed by atoms with Crippen LogP contribution in [0.2, 0.25) is 5.02 Å². The minimum atomic E-state index is -0.587. The summed E-state index contributed by atoms with van der Waals surface area (Å²) in [6, 6.07) is 7.92. The van der Waals surface area contributed by atoms with Crippen molar-refractivity contribution in [1.82, 2.24) is 9.97 Å². The molecule has 0 amide bonds. The monoisotopic (exact) mass is 373 g/mol. The maximum atomic E-state index is 13.4. The number of carbonyl (C=O) groups excluding carboxylic acids is 1. The molecule has 0 aliphatic heterocycles. The number of fused-ring (bicyclic) bond motifs is 1. The number of nitrogens with one attached hydrogen (secondary N) is 1. The van der Waals surface area contributed by atoms with E-state index in [0.29, 0.717) is 16.7 Å². The van der Waals surface area contributed by atoms with Crippen molar-refractivity contribution >= 4 is 40.1 Å². The first-order valence-electron chi connectivity index (χ1n) is 8.07. The molecule has 0 aliphatic carbocycles. The molecule has 0 aliphatic rings. The molecule has 1 heterocycles. The molecule has 0 unspecified atom stereocenters. The number of hydrogen-bond donors (Lipinski definition) is 1. The van der Waals surface area contributed by atoms with Gasteiger partial charge in [-0.25, -0.2) is 19.2 Å². The SMILES string of the molecule is CCOC(=O)c1nc2cc(C)c(C)cc2nc1Nc1ccc(F)c(Cl)c1. The van der Waals surface area contributed by atoms with Crippen molar-refractivity contribution in [2.75, 3.05) is 11.9 Å². The summed E-state index contributed by atoms with van der Waals surface area (Å²) in [7, 11) is 0. The van der Waals surface area contributed by atoms with Gasteiger partial charge < -0.3 is 10.1 Å². The van der Waals surface area contributed by atoms with Crippen molar-refractivity contribution in [2.24, 2.45) is 0 Å². The van der Waals surface area contributed by atoms with Gasteiger partial charge >= 0.3 is 5.97 Å². The number of nitrogens with zero attached hydrogens (tertiary/aromatic N) is 2. The van der Waals surface area contributed by atoms with Crippen molar-refractivity contribution in [3.05, 3.63) is 58.0 Å². The highest BCUT2D eigenvalue weighted by Gasteiger charge is 2.19. The number of anilines is 2. The average Bonchev–Trinajstić information content (AvgIpc) is 2.59. The molecule has 0 spiro atoms. The summed E-state index contributed by atoms with van der Waals surface area (Å²) in [5.74, 6) is -0.892. The number of aryl methyl sites for hydroxylation is 2. The number of carbonyl (C=O) groups is 1. The second-order valence-electron chi connectivity index (χ2n) is 5.82. The molecule has 1 aromatic heterocycles. The molecule has 0 saturated carbocycles. The van der Waals surface area contributed by atoms with Crippen molar-refractivity contribution in [1.29, 1.82) is 0 Å². The quantitative estimate of drug-likeness (QED) is 0.655. The Morgan fingerprint density at radius 3 is 2.42 bits per heavy atom. The Bertz CT molecular complexity index is 1010. The number of aromatic nitrogens is 2. The van der Waals surface area contributed by atoms with Gasteiger partial charge in [0.1, 0.15) is 5.82 Å². The van der Waals surface area contributed by atoms with Crippen LogP contribution in [-0.4, -0.2) is 22.5 Å². The molecular weight excluding hydrogens is 357 g/mol. The normalized spacial score (nSPS) is 10.8. The molecule has 1 N–H and O–H groups in total. The lowest BCUT2D eigenvalue weighted by molar-refractivity contribution is 0.0521. The third-order valence-corrected chi connectivity index (χ3v) is 4.22. The van der Waals surface area contributed by atoms with Gasteiger partial charge in [-0.3, -0.25) is 0 Å². The highest BCUT2D eigenvalue weighted by atomic mass is 35.5. The molecule has 3 aromatic rings. The number of halogens is 2. The average molecular weight is 374 g/mol. The lowest BCUT2D eigenvalue weighted by atomic mass is 10.1. The smallest absolute Gasteiger partial charge is 0.360 e. The molecule has 7 heteroatoms. The molecule has 0 fully saturated rings. The zero-order valence-electron chi connectivity index (χ0n) is 14.6. The largest absolute Gasteiger partial charge is 0.461 e. The maximum Gasteiger partial charge on any atom is 0.360 e. The summed E-state index contributed by atoms with van der Waals surface area (Å²) in [4.78, 5) is 21.3. The molecule has 0 bridgehead atoms. The van der Waals surface area contributed by atoms with Crippen molar-refractivity contribution in [2.45, 2.75) is 20.8 Å². The van der Waals surface area contributed by atoms with Crippen molar-refractivity contribution < 1.29 is 13.9 Å². The van der Waals surface area contributed by atoms with Crippen LogP contribution in [0.15, 0.2) is 30.3 Å². The van der Waals surface area contributed by atoms with Crippen molar-refractivity contribution in [3.63, 3.8) is 0 Å². The fourth-order valence-corrected chi connectivity index (χ4v) is 2.63. The Labute approximate surface area is 155 Å². The van der Waals surface area contributed by atoms with Crippen LogP contribution in [0.4, 0.5) is 15.9 Å². The van der Waals surface area contributed by atoms with Crippen LogP contribution in [0, 0.1) is 19.7 Å². The number of hydrogen-bond acceptors (Lipinski definition) is 5. The van der Waals surface area contributed by atoms with Gasteiger partial charge in [0, 0.05) is 5.69 Å². The van der Waals surface area contributed by atoms with Gasteiger partial charge in [0.15, 0.2) is 11.5 Å². The van der Waals surface area contributed by atoms with Crippen LogP contribution in [0.3, 0.4) is 0 Å². The lowest BCUT2D eigenvalue weighted by Gasteiger charge is -2.12. The maximum absolute atomic E-state index is 13.4. The van der Waals surface area contributed by atoms with E-state index in [9.17, 15) is 9.18 Å². The third-order valence-electron chi connectivity index (χ3n) is 3.93. The summed E-state index contributed by atoms with van der Waals surface area (Å²) in [5.41, 5.74) is 3.89. The van der Waals surface area contributed by atoms with Gasteiger partial charge in [-0.1, -0.05) is 11.6 Å². The molecule has 0 saturated heterocycles. The van der Waals surface area contributed by atoms with Gasteiger partial charge in [0.2, 0.25) is 0 Å². The highest BCUT2D eigenvalue weighted by molar-refractivity contribution is 6.31. The van der Waals surface area contributed by atoms with Gasteiger partial charge in [-0.2, -0.15) is 0 Å². The van der Waals surface area contributed by atoms with E-state index in [1.54, 1.807) is 6.92 Å². The molecule has 3 rings (SSSR count). The highest BCUT2D eigenvalue weighted by Crippen LogP contribution is 2.26. The second-order valence-corrected chi connectivity index (χ2v) is 6.23. The van der Waals surface area contributed by atoms with Gasteiger partial charge in [0.25, 0.3) is 0 Å². The Morgan fingerprint density at radius 1 is 1.15 bits per heavy atom. The first-order chi connectivity index (χ1) is 12.4. The lowest BCUT2D eigenvalue weighted by Crippen LogP contribution is -2.12. The van der Waals surface area contributed by atoms with E-state index >= 15 is 0 Å². The number of esters is 1. The summed E-state index contributed by atoms with van der Waals surface area (Å²) < 4.78 is 18.5. The summed E-state index contributed by atoms with van der Waals surface area (Å²) >= 11 is 5.82. The van der Waals surface area contributed by atoms with Crippen LogP contribution in [-0.2, 0) is 4.74 Å². The fourth-order valence-electron chi connectivity index (χ4n) is 2.45. The minimum Gasteiger partial charge on any atom is -0.461 e. The van der Waals surface area contributed by atoms with Gasteiger partial charge in [-0.05, 0) is 62.2 Å². The summed E-state index contributed by atoms with van der Waals surface area (Å²) in [6.07, 6.45) is 0. The third kappa shape index (κ3) is 3.60. The Balaban J connectivity index is 2.13. The van der Waals surface area contributed by atoms with E-state index in [4.69, 9.17) is 16.3 Å². The molecule has 26 heavy (non-hydrogen) atoms. The van der Waals surface area contributed by atoms with Crippen LogP contribution in [0.5, 0.6) is 0 Å². The van der Waals surface area contributed by atoms with Gasteiger partial charge in [0.05, 0.1) is 22.7 Å². The molecular formula is C19H17ClFN3O2. The topological polar surface area (TPSA) is 64.1 Å². The van der Waals surface area contributed by atoms with E-state index in [-0.39, 0.29) is 23.1 Å². The van der Waals surface area contributed by atoms with E-state index in [0.717, 1.165) is 11.1 Å². The predicted molar refractivity (Wildman–Crippen MR) is 99.7 cm³/mol. The first kappa shape index (κ1) is 18.1. The number of ether oxygens (including phenoxy) is 1. The standard InChI is InChI=1S/C19H17ClFN3O2/c1-4-26-19(25)17-18(22-12-5-6-14(21)13(20)9-12)24-16-8-11(3)10(2)7-15(16)23-17/h5-9H,4H2,1-3H3,(H,22,24). The summed E-state index contributed by atoms with van der Waals surface area (Å²) in [6.45, 7) is 5.87. The fraction of sp³-hybridized carbons (Fsp3) is 0.211. The zero-order valence-corrected chi connectivity index (χ0v) is 15.3. The van der Waals surface area contributed by atoms with Crippen LogP contribution < -0.4 is 5.32 Å². The van der Waals surface area contributed by atoms with E-state index in [1.807, 2.05) is 26.0 Å². The van der Waals surface area contributed by atoms with E-state index < -0.39 is 11.8 Å². The second kappa shape index (κ2) is 7.25. The molecule has 5 nitrogen and oxygen atoms in total. The number of rotatable bonds is 4. The Kier molecular flexibility index (Phi) is 5.04. The Morgan fingerprint density at radius 2 is 1.81 bits per heavy atom. The van der Waals surface area contributed by atoms with Crippen LogP contribution >= 0.6 is 11.6 Å². The first-order valence-corrected chi connectivity index (χ1v) is 8.45. The van der Waals surface area contributed by atoms with Gasteiger partial charge in [-0.15, -0.1) is 0 Å². The molecule has 0 atom stereocenters.